The highest BCUT2D eigenvalue weighted by atomic mass is 32.2. The molecule has 0 fully saturated rings. The molecule has 0 radical (unpaired) electrons. The molecule has 0 aromatic carbocycles. The maximum Gasteiger partial charge on any atom is 0.417 e. The second-order valence-electron chi connectivity index (χ2n) is 2.31. The van der Waals surface area contributed by atoms with Crippen LogP contribution < -0.4 is 4.74 Å². The predicted octanol–water partition coefficient (Wildman–Crippen LogP) is 3.09. The van der Waals surface area contributed by atoms with E-state index in [-0.39, 0.29) is 22.9 Å². The third kappa shape index (κ3) is 2.28. The third-order valence-electron chi connectivity index (χ3n) is 1.42. The van der Waals surface area contributed by atoms with Gasteiger partial charge in [0.1, 0.15) is 4.90 Å². The van der Waals surface area contributed by atoms with Crippen LogP contribution in [0.15, 0.2) is 17.2 Å². The van der Waals surface area contributed by atoms with Crippen molar-refractivity contribution in [2.24, 2.45) is 0 Å². The topological polar surface area (TPSA) is 22.1 Å². The molecule has 0 atom stereocenters. The largest absolute Gasteiger partial charge is 0.480 e. The summed E-state index contributed by atoms with van der Waals surface area (Å²) in [5.41, 5.74) is -1.00. The molecule has 14 heavy (non-hydrogen) atoms. The number of nitrogens with zero attached hydrogens (tertiary/aromatic N) is 1. The molecule has 1 aromatic heterocycles. The van der Waals surface area contributed by atoms with Gasteiger partial charge in [-0.2, -0.15) is 17.1 Å². The SMILES string of the molecule is COc1ncc(C(F)(F)F)cc1SF. The standard InChI is InChI=1S/C7H5F4NOS/c1-13-6-5(14-11)2-4(3-12-6)7(8,9)10/h2-3H,1H3. The number of halogens is 4. The number of methoxy groups -OCH3 is 1. The molecule has 0 saturated heterocycles. The first kappa shape index (κ1) is 11.1. The summed E-state index contributed by atoms with van der Waals surface area (Å²) in [5.74, 6) is -0.162. The van der Waals surface area contributed by atoms with Crippen LogP contribution in [-0.2, 0) is 6.18 Å². The number of ether oxygens (including phenoxy) is 1. The molecule has 78 valence electrons. The first-order chi connectivity index (χ1) is 6.49. The number of hydrogen-bond acceptors (Lipinski definition) is 3. The van der Waals surface area contributed by atoms with Gasteiger partial charge in [-0.15, -0.1) is 0 Å². The molecule has 7 heteroatoms. The Balaban J connectivity index is 3.14. The van der Waals surface area contributed by atoms with Crippen molar-refractivity contribution in [3.8, 4) is 5.88 Å². The summed E-state index contributed by atoms with van der Waals surface area (Å²) < 4.78 is 53.1. The van der Waals surface area contributed by atoms with Gasteiger partial charge in [0, 0.05) is 6.20 Å². The van der Waals surface area contributed by atoms with Crippen LogP contribution in [0.5, 0.6) is 5.88 Å². The van der Waals surface area contributed by atoms with E-state index in [1.165, 1.54) is 7.11 Å². The zero-order valence-electron chi connectivity index (χ0n) is 6.93. The lowest BCUT2D eigenvalue weighted by Gasteiger charge is -2.08. The molecule has 1 heterocycles. The minimum Gasteiger partial charge on any atom is -0.480 e. The minimum absolute atomic E-state index is 0.162. The van der Waals surface area contributed by atoms with Crippen molar-refractivity contribution in [3.63, 3.8) is 0 Å². The molecule has 0 saturated carbocycles. The van der Waals surface area contributed by atoms with Gasteiger partial charge in [0.25, 0.3) is 0 Å². The Morgan fingerprint density at radius 3 is 2.50 bits per heavy atom. The first-order valence-corrected chi connectivity index (χ1v) is 4.10. The first-order valence-electron chi connectivity index (χ1n) is 3.39. The second kappa shape index (κ2) is 4.04. The van der Waals surface area contributed by atoms with Crippen LogP contribution in [0.2, 0.25) is 0 Å². The molecule has 0 aliphatic heterocycles. The number of aromatic nitrogens is 1. The molecule has 0 aliphatic carbocycles. The van der Waals surface area contributed by atoms with E-state index in [9.17, 15) is 17.1 Å². The van der Waals surface area contributed by atoms with Crippen molar-refractivity contribution in [3.05, 3.63) is 17.8 Å². The maximum absolute atomic E-state index is 12.2. The van der Waals surface area contributed by atoms with E-state index in [1.807, 2.05) is 0 Å². The van der Waals surface area contributed by atoms with Gasteiger partial charge < -0.3 is 4.74 Å². The summed E-state index contributed by atoms with van der Waals surface area (Å²) in [6.45, 7) is 0. The van der Waals surface area contributed by atoms with Crippen molar-refractivity contribution in [2.75, 3.05) is 7.11 Å². The fourth-order valence-electron chi connectivity index (χ4n) is 0.796. The minimum atomic E-state index is -4.52. The van der Waals surface area contributed by atoms with Crippen LogP contribution in [0.25, 0.3) is 0 Å². The monoisotopic (exact) mass is 227 g/mol. The highest BCUT2D eigenvalue weighted by Gasteiger charge is 2.32. The van der Waals surface area contributed by atoms with E-state index in [2.05, 4.69) is 9.72 Å². The van der Waals surface area contributed by atoms with Gasteiger partial charge in [-0.1, -0.05) is 0 Å². The smallest absolute Gasteiger partial charge is 0.417 e. The van der Waals surface area contributed by atoms with E-state index in [1.54, 1.807) is 0 Å². The lowest BCUT2D eigenvalue weighted by molar-refractivity contribution is -0.138. The molecule has 1 aromatic rings. The van der Waals surface area contributed by atoms with Crippen LogP contribution in [0.4, 0.5) is 17.1 Å². The molecular formula is C7H5F4NOS. The zero-order valence-corrected chi connectivity index (χ0v) is 7.75. The molecule has 0 bridgehead atoms. The molecule has 0 aliphatic rings. The van der Waals surface area contributed by atoms with Crippen molar-refractivity contribution in [1.29, 1.82) is 0 Å². The molecule has 2 nitrogen and oxygen atoms in total. The third-order valence-corrected chi connectivity index (χ3v) is 1.88. The fourth-order valence-corrected chi connectivity index (χ4v) is 1.17. The normalized spacial score (nSPS) is 11.5. The van der Waals surface area contributed by atoms with Crippen molar-refractivity contribution in [1.82, 2.24) is 4.98 Å². The van der Waals surface area contributed by atoms with Gasteiger partial charge in [0.05, 0.1) is 24.8 Å². The molecular weight excluding hydrogens is 222 g/mol. The van der Waals surface area contributed by atoms with E-state index < -0.39 is 11.7 Å². The number of rotatable bonds is 2. The second-order valence-corrected chi connectivity index (χ2v) is 2.90. The maximum atomic E-state index is 12.2. The number of hydrogen-bond donors (Lipinski definition) is 0. The lowest BCUT2D eigenvalue weighted by Crippen LogP contribution is -2.06. The van der Waals surface area contributed by atoms with Crippen molar-refractivity contribution >= 4 is 12.1 Å². The molecule has 1 rings (SSSR count). The zero-order chi connectivity index (χ0) is 10.8. The van der Waals surface area contributed by atoms with Gasteiger partial charge in [-0.25, -0.2) is 4.98 Å². The Morgan fingerprint density at radius 2 is 2.07 bits per heavy atom. The van der Waals surface area contributed by atoms with E-state index in [4.69, 9.17) is 0 Å². The van der Waals surface area contributed by atoms with E-state index in [0.717, 1.165) is 0 Å². The Labute approximate surface area is 81.6 Å². The van der Waals surface area contributed by atoms with Crippen LogP contribution >= 0.6 is 12.1 Å². The molecule has 0 unspecified atom stereocenters. The summed E-state index contributed by atoms with van der Waals surface area (Å²) >= 11 is -0.337. The van der Waals surface area contributed by atoms with Gasteiger partial charge in [0.2, 0.25) is 5.88 Å². The van der Waals surface area contributed by atoms with Gasteiger partial charge in [0.15, 0.2) is 0 Å². The number of alkyl halides is 3. The van der Waals surface area contributed by atoms with E-state index >= 15 is 0 Å². The molecule has 0 amide bonds. The average molecular weight is 227 g/mol. The fraction of sp³-hybridized carbons (Fsp3) is 0.286. The number of pyridine rings is 1. The van der Waals surface area contributed by atoms with Crippen molar-refractivity contribution < 1.29 is 21.8 Å². The van der Waals surface area contributed by atoms with Crippen LogP contribution in [0.1, 0.15) is 5.56 Å². The Hall–Kier alpha value is -0.980. The van der Waals surface area contributed by atoms with Gasteiger partial charge >= 0.3 is 6.18 Å². The van der Waals surface area contributed by atoms with Crippen LogP contribution in [0.3, 0.4) is 0 Å². The van der Waals surface area contributed by atoms with Crippen LogP contribution in [0, 0.1) is 0 Å². The molecule has 0 spiro atoms. The highest BCUT2D eigenvalue weighted by Crippen LogP contribution is 2.35. The summed E-state index contributed by atoms with van der Waals surface area (Å²) in [6, 6.07) is 0.649. The predicted molar refractivity (Wildman–Crippen MR) is 42.8 cm³/mol. The summed E-state index contributed by atoms with van der Waals surface area (Å²) in [5, 5.41) is 0. The average Bonchev–Trinajstić information content (AvgIpc) is 2.15. The van der Waals surface area contributed by atoms with Crippen LogP contribution in [-0.4, -0.2) is 12.1 Å². The van der Waals surface area contributed by atoms with Gasteiger partial charge in [-0.05, 0) is 6.07 Å². The Kier molecular flexibility index (Phi) is 3.20. The highest BCUT2D eigenvalue weighted by molar-refractivity contribution is 7.94. The summed E-state index contributed by atoms with van der Waals surface area (Å²) in [7, 11) is 1.20. The quantitative estimate of drug-likeness (QED) is 0.725. The summed E-state index contributed by atoms with van der Waals surface area (Å²) in [4.78, 5) is 3.04. The van der Waals surface area contributed by atoms with Gasteiger partial charge in [-0.3, -0.25) is 0 Å². The lowest BCUT2D eigenvalue weighted by atomic mass is 10.3. The Morgan fingerprint density at radius 1 is 1.43 bits per heavy atom. The summed E-state index contributed by atoms with van der Waals surface area (Å²) in [6.07, 6.45) is -3.93. The molecule has 0 N–H and O–H groups in total. The van der Waals surface area contributed by atoms with Crippen molar-refractivity contribution in [2.45, 2.75) is 11.1 Å². The Bertz CT molecular complexity index is 328. The van der Waals surface area contributed by atoms with E-state index in [0.29, 0.717) is 12.3 Å².